The zero-order valence-corrected chi connectivity index (χ0v) is 33.6. The minimum atomic E-state index is -0.0847. The molecule has 6 heteroatoms. The Hall–Kier alpha value is -7.31. The van der Waals surface area contributed by atoms with Crippen molar-refractivity contribution in [3.8, 4) is 34.1 Å². The molecule has 11 rings (SSSR count). The van der Waals surface area contributed by atoms with Gasteiger partial charge in [-0.2, -0.15) is 0 Å². The third kappa shape index (κ3) is 5.82. The monoisotopic (exact) mass is 765 g/mol. The van der Waals surface area contributed by atoms with Crippen LogP contribution >= 0.6 is 0 Å². The number of nitrogens with zero attached hydrogens (tertiary/aromatic N) is 5. The second-order valence-corrected chi connectivity index (χ2v) is 16.7. The zero-order valence-electron chi connectivity index (χ0n) is 33.6. The minimum Gasteiger partial charge on any atom is -0.457 e. The van der Waals surface area contributed by atoms with Gasteiger partial charge in [0.05, 0.1) is 40.1 Å². The smallest absolute Gasteiger partial charge is 0.139 e. The number of para-hydroxylation sites is 4. The van der Waals surface area contributed by atoms with E-state index in [1.54, 1.807) is 0 Å². The summed E-state index contributed by atoms with van der Waals surface area (Å²) in [6.07, 6.45) is 2.04. The lowest BCUT2D eigenvalue weighted by Gasteiger charge is -2.25. The fraction of sp³-hybridized carbons (Fsp3) is 0.113. The van der Waals surface area contributed by atoms with Crippen LogP contribution in [0.4, 0.5) is 17.1 Å². The maximum atomic E-state index is 6.93. The Kier molecular flexibility index (Phi) is 7.92. The molecular formula is C53H43N5O. The van der Waals surface area contributed by atoms with E-state index >= 15 is 0 Å². The fourth-order valence-electron chi connectivity index (χ4n) is 8.92. The van der Waals surface area contributed by atoms with Gasteiger partial charge in [-0.1, -0.05) is 106 Å². The number of anilines is 3. The number of rotatable bonds is 6. The molecule has 0 saturated carbocycles. The molecule has 3 aromatic heterocycles. The van der Waals surface area contributed by atoms with Crippen molar-refractivity contribution >= 4 is 60.7 Å². The van der Waals surface area contributed by atoms with Crippen LogP contribution in [0.1, 0.15) is 26.3 Å². The normalized spacial score (nSPS) is 12.9. The van der Waals surface area contributed by atoms with Gasteiger partial charge in [-0.05, 0) is 88.8 Å². The first-order chi connectivity index (χ1) is 28.8. The topological polar surface area (TPSA) is 38.5 Å². The van der Waals surface area contributed by atoms with Gasteiger partial charge in [0, 0.05) is 64.4 Å². The van der Waals surface area contributed by atoms with Gasteiger partial charge in [0.1, 0.15) is 17.3 Å². The van der Waals surface area contributed by atoms with Crippen molar-refractivity contribution in [1.29, 1.82) is 0 Å². The van der Waals surface area contributed by atoms with Crippen molar-refractivity contribution in [2.75, 3.05) is 23.5 Å². The van der Waals surface area contributed by atoms with Gasteiger partial charge in [0.15, 0.2) is 0 Å². The number of hydrogen-bond donors (Lipinski definition) is 0. The summed E-state index contributed by atoms with van der Waals surface area (Å²) < 4.78 is 11.6. The maximum Gasteiger partial charge on any atom is 0.139 e. The van der Waals surface area contributed by atoms with Gasteiger partial charge in [-0.25, -0.2) is 4.98 Å². The summed E-state index contributed by atoms with van der Waals surface area (Å²) >= 11 is 0. The molecule has 10 aromatic rings. The van der Waals surface area contributed by atoms with Gasteiger partial charge in [0.2, 0.25) is 0 Å². The average Bonchev–Trinajstić information content (AvgIpc) is 3.90. The fourth-order valence-corrected chi connectivity index (χ4v) is 8.92. The molecule has 0 aliphatic carbocycles. The Balaban J connectivity index is 1.10. The van der Waals surface area contributed by atoms with Gasteiger partial charge >= 0.3 is 0 Å². The molecule has 0 spiro atoms. The second kappa shape index (κ2) is 13.4. The summed E-state index contributed by atoms with van der Waals surface area (Å²) in [5, 5.41) is 4.59. The highest BCUT2D eigenvalue weighted by molar-refractivity contribution is 6.12. The summed E-state index contributed by atoms with van der Waals surface area (Å²) in [7, 11) is 2.15. The summed E-state index contributed by atoms with van der Waals surface area (Å²) in [5.74, 6) is 2.41. The van der Waals surface area contributed by atoms with Crippen molar-refractivity contribution in [3.05, 3.63) is 182 Å². The highest BCUT2D eigenvalue weighted by Crippen LogP contribution is 2.44. The molecule has 0 atom stereocenters. The molecule has 59 heavy (non-hydrogen) atoms. The lowest BCUT2D eigenvalue weighted by atomic mass is 9.86. The van der Waals surface area contributed by atoms with E-state index in [1.807, 2.05) is 6.20 Å². The van der Waals surface area contributed by atoms with Crippen molar-refractivity contribution in [3.63, 3.8) is 0 Å². The Morgan fingerprint density at radius 3 is 2.00 bits per heavy atom. The molecule has 286 valence electrons. The number of benzene rings is 7. The van der Waals surface area contributed by atoms with Crippen LogP contribution < -0.4 is 14.5 Å². The number of fused-ring (bicyclic) bond motifs is 7. The van der Waals surface area contributed by atoms with Crippen molar-refractivity contribution in [1.82, 2.24) is 14.1 Å². The lowest BCUT2D eigenvalue weighted by molar-refractivity contribution is 0.479. The van der Waals surface area contributed by atoms with Gasteiger partial charge < -0.3 is 19.1 Å². The van der Waals surface area contributed by atoms with Crippen molar-refractivity contribution < 1.29 is 4.74 Å². The van der Waals surface area contributed by atoms with Crippen LogP contribution in [0.2, 0.25) is 0 Å². The van der Waals surface area contributed by atoms with E-state index in [0.29, 0.717) is 0 Å². The van der Waals surface area contributed by atoms with Crippen LogP contribution in [0.5, 0.6) is 11.5 Å². The highest BCUT2D eigenvalue weighted by atomic mass is 16.5. The van der Waals surface area contributed by atoms with Crippen LogP contribution in [0, 0.1) is 0 Å². The Bertz CT molecular complexity index is 3230. The van der Waals surface area contributed by atoms with E-state index < -0.39 is 0 Å². The molecule has 0 amide bonds. The van der Waals surface area contributed by atoms with Crippen molar-refractivity contribution in [2.45, 2.75) is 26.2 Å². The Morgan fingerprint density at radius 2 is 1.19 bits per heavy atom. The predicted molar refractivity (Wildman–Crippen MR) is 245 cm³/mol. The standard InChI is InChI=1S/C53H43N5O/c1-53(2,3)37-28-39(56-34-55(4)48-21-13-14-22-49(48)56)30-41(29-37)59-40-24-25-43-44-27-36(35-15-7-5-8-16-35)23-26-47(44)58(50(43)31-40)52-32-51-45(33-54-52)42-19-11-12-20-46(42)57(51)38-17-9-6-10-18-38/h5-33H,34H2,1-4H3. The summed E-state index contributed by atoms with van der Waals surface area (Å²) in [6.45, 7) is 7.55. The molecule has 0 radical (unpaired) electrons. The Morgan fingerprint density at radius 1 is 0.492 bits per heavy atom. The Labute approximate surface area is 343 Å². The van der Waals surface area contributed by atoms with Crippen LogP contribution in [0.3, 0.4) is 0 Å². The molecule has 1 aliphatic rings. The average molecular weight is 766 g/mol. The van der Waals surface area contributed by atoms with E-state index in [4.69, 9.17) is 9.72 Å². The van der Waals surface area contributed by atoms with E-state index in [0.717, 1.165) is 73.6 Å². The molecule has 0 bridgehead atoms. The molecule has 1 aliphatic heterocycles. The third-order valence-electron chi connectivity index (χ3n) is 11.9. The molecule has 0 saturated heterocycles. The number of hydrogen-bond acceptors (Lipinski definition) is 4. The third-order valence-corrected chi connectivity index (χ3v) is 11.9. The largest absolute Gasteiger partial charge is 0.457 e. The first-order valence-corrected chi connectivity index (χ1v) is 20.3. The van der Waals surface area contributed by atoms with Crippen LogP contribution in [0.25, 0.3) is 66.2 Å². The van der Waals surface area contributed by atoms with E-state index in [-0.39, 0.29) is 5.41 Å². The summed E-state index contributed by atoms with van der Waals surface area (Å²) in [5.41, 5.74) is 12.5. The molecule has 4 heterocycles. The molecule has 6 nitrogen and oxygen atoms in total. The van der Waals surface area contributed by atoms with Gasteiger partial charge in [-0.3, -0.25) is 4.57 Å². The van der Waals surface area contributed by atoms with Crippen LogP contribution in [-0.4, -0.2) is 27.8 Å². The SMILES string of the molecule is CN1CN(c2cc(Oc3ccc4c5cc(-c6ccccc6)ccc5n(-c5cc6c(cn5)c5ccccc5n6-c5ccccc5)c4c3)cc(C(C)(C)C)c2)c2ccccc21. The quantitative estimate of drug-likeness (QED) is 0.169. The second-order valence-electron chi connectivity index (χ2n) is 16.7. The summed E-state index contributed by atoms with van der Waals surface area (Å²) in [6, 6.07) is 60.6. The predicted octanol–water partition coefficient (Wildman–Crippen LogP) is 13.6. The van der Waals surface area contributed by atoms with E-state index in [9.17, 15) is 0 Å². The van der Waals surface area contributed by atoms with Gasteiger partial charge in [-0.15, -0.1) is 0 Å². The molecular weight excluding hydrogens is 723 g/mol. The minimum absolute atomic E-state index is 0.0847. The molecule has 0 unspecified atom stereocenters. The van der Waals surface area contributed by atoms with E-state index in [1.165, 1.54) is 33.5 Å². The lowest BCUT2D eigenvalue weighted by Crippen LogP contribution is -2.24. The highest BCUT2D eigenvalue weighted by Gasteiger charge is 2.27. The zero-order chi connectivity index (χ0) is 39.8. The van der Waals surface area contributed by atoms with Crippen LogP contribution in [0.15, 0.2) is 176 Å². The molecule has 7 aromatic carbocycles. The number of ether oxygens (including phenoxy) is 1. The number of pyridine rings is 1. The summed E-state index contributed by atoms with van der Waals surface area (Å²) in [4.78, 5) is 9.89. The van der Waals surface area contributed by atoms with E-state index in [2.05, 4.69) is 217 Å². The van der Waals surface area contributed by atoms with Crippen LogP contribution in [-0.2, 0) is 5.41 Å². The van der Waals surface area contributed by atoms with Crippen molar-refractivity contribution in [2.24, 2.45) is 0 Å². The molecule has 0 N–H and O–H groups in total. The number of aromatic nitrogens is 3. The maximum absolute atomic E-state index is 6.93. The first-order valence-electron chi connectivity index (χ1n) is 20.3. The first kappa shape index (κ1) is 34.9. The molecule has 0 fully saturated rings. The van der Waals surface area contributed by atoms with Gasteiger partial charge in [0.25, 0.3) is 0 Å².